The molecule has 0 bridgehead atoms. The minimum atomic E-state index is -0.281. The van der Waals surface area contributed by atoms with E-state index in [9.17, 15) is 9.59 Å². The number of para-hydroxylation sites is 1. The van der Waals surface area contributed by atoms with Gasteiger partial charge >= 0.3 is 6.03 Å². The molecule has 1 saturated heterocycles. The van der Waals surface area contributed by atoms with Gasteiger partial charge in [-0.2, -0.15) is 0 Å². The van der Waals surface area contributed by atoms with Gasteiger partial charge in [0.2, 0.25) is 5.01 Å². The summed E-state index contributed by atoms with van der Waals surface area (Å²) in [5.74, 6) is -0.228. The Kier molecular flexibility index (Phi) is 6.48. The van der Waals surface area contributed by atoms with Gasteiger partial charge in [-0.3, -0.25) is 4.79 Å². The third-order valence-corrected chi connectivity index (χ3v) is 6.64. The van der Waals surface area contributed by atoms with Crippen molar-refractivity contribution in [3.05, 3.63) is 69.1 Å². The maximum Gasteiger partial charge on any atom is 0.321 e. The Morgan fingerprint density at radius 1 is 1.10 bits per heavy atom. The highest BCUT2D eigenvalue weighted by atomic mass is 35.5. The number of benzene rings is 2. The summed E-state index contributed by atoms with van der Waals surface area (Å²) in [6.07, 6.45) is 1.76. The van der Waals surface area contributed by atoms with Crippen molar-refractivity contribution in [2.24, 2.45) is 0 Å². The van der Waals surface area contributed by atoms with Crippen LogP contribution in [-0.2, 0) is 0 Å². The molecule has 4 rings (SSSR count). The highest BCUT2D eigenvalue weighted by Gasteiger charge is 2.28. The molecule has 1 unspecified atom stereocenters. The van der Waals surface area contributed by atoms with Gasteiger partial charge in [0.25, 0.3) is 5.91 Å². The van der Waals surface area contributed by atoms with Crippen molar-refractivity contribution in [3.8, 4) is 0 Å². The summed E-state index contributed by atoms with van der Waals surface area (Å²) < 4.78 is 0. The molecule has 7 nitrogen and oxygen atoms in total. The second kappa shape index (κ2) is 9.45. The Labute approximate surface area is 189 Å². The lowest BCUT2D eigenvalue weighted by Gasteiger charge is -2.31. The first kappa shape index (κ1) is 21.3. The molecule has 1 aliphatic heterocycles. The second-order valence-electron chi connectivity index (χ2n) is 7.44. The van der Waals surface area contributed by atoms with Crippen molar-refractivity contribution in [1.82, 2.24) is 15.1 Å². The van der Waals surface area contributed by atoms with E-state index < -0.39 is 0 Å². The van der Waals surface area contributed by atoms with E-state index in [1.54, 1.807) is 11.0 Å². The van der Waals surface area contributed by atoms with Crippen molar-refractivity contribution < 1.29 is 9.59 Å². The Balaban J connectivity index is 1.38. The molecular weight excluding hydrogens is 434 g/mol. The Morgan fingerprint density at radius 2 is 1.90 bits per heavy atom. The number of anilines is 2. The topological polar surface area (TPSA) is 87.2 Å². The van der Waals surface area contributed by atoms with Crippen LogP contribution >= 0.6 is 22.9 Å². The largest absolute Gasteiger partial charge is 0.324 e. The van der Waals surface area contributed by atoms with Crippen molar-refractivity contribution in [2.45, 2.75) is 25.7 Å². The Morgan fingerprint density at radius 3 is 2.68 bits per heavy atom. The molecule has 1 aliphatic rings. The van der Waals surface area contributed by atoms with Crippen LogP contribution in [0, 0.1) is 6.92 Å². The molecule has 3 aromatic rings. The summed E-state index contributed by atoms with van der Waals surface area (Å²) in [6, 6.07) is 14.5. The van der Waals surface area contributed by atoms with Crippen molar-refractivity contribution in [1.29, 1.82) is 0 Å². The quantitative estimate of drug-likeness (QED) is 0.568. The first-order valence-electron chi connectivity index (χ1n) is 10.0. The van der Waals surface area contributed by atoms with E-state index in [2.05, 4.69) is 20.8 Å². The normalized spacial score (nSPS) is 16.1. The second-order valence-corrected chi connectivity index (χ2v) is 8.86. The smallest absolute Gasteiger partial charge is 0.321 e. The lowest BCUT2D eigenvalue weighted by atomic mass is 9.99. The van der Waals surface area contributed by atoms with Crippen molar-refractivity contribution >= 4 is 46.3 Å². The van der Waals surface area contributed by atoms with E-state index in [1.165, 1.54) is 11.3 Å². The van der Waals surface area contributed by atoms with Crippen LogP contribution in [0.1, 0.15) is 39.1 Å². The van der Waals surface area contributed by atoms with Gasteiger partial charge < -0.3 is 15.5 Å². The van der Waals surface area contributed by atoms with E-state index in [4.69, 9.17) is 11.6 Å². The lowest BCUT2D eigenvalue weighted by molar-refractivity contribution is 0.102. The molecule has 31 heavy (non-hydrogen) atoms. The van der Waals surface area contributed by atoms with Gasteiger partial charge in [0.05, 0.1) is 0 Å². The molecule has 2 heterocycles. The van der Waals surface area contributed by atoms with Gasteiger partial charge in [-0.15, -0.1) is 10.2 Å². The van der Waals surface area contributed by atoms with E-state index in [-0.39, 0.29) is 17.9 Å². The van der Waals surface area contributed by atoms with Gasteiger partial charge in [-0.05, 0) is 49.6 Å². The molecular formula is C22H22ClN5O2S. The number of piperidine rings is 1. The van der Waals surface area contributed by atoms with Crippen molar-refractivity contribution in [3.63, 3.8) is 0 Å². The Bertz CT molecular complexity index is 1090. The van der Waals surface area contributed by atoms with Gasteiger partial charge in [0, 0.05) is 35.4 Å². The number of urea groups is 1. The molecule has 0 aliphatic carbocycles. The Hall–Kier alpha value is -2.97. The van der Waals surface area contributed by atoms with Crippen LogP contribution in [0.15, 0.2) is 48.5 Å². The summed E-state index contributed by atoms with van der Waals surface area (Å²) in [7, 11) is 0. The third-order valence-electron chi connectivity index (χ3n) is 5.15. The number of hydrogen-bond acceptors (Lipinski definition) is 5. The summed E-state index contributed by atoms with van der Waals surface area (Å²) >= 11 is 7.43. The number of likely N-dealkylation sites (tertiary alicyclic amines) is 1. The zero-order chi connectivity index (χ0) is 21.8. The number of aryl methyl sites for hydroxylation is 1. The SMILES string of the molecule is Cc1ccc(NC(=O)N2CCCC(c3nnc(C(=O)Nc4ccccc4)s3)C2)cc1Cl. The minimum absolute atomic E-state index is 0.0527. The number of carbonyl (C=O) groups is 2. The molecule has 0 saturated carbocycles. The number of amides is 3. The van der Waals surface area contributed by atoms with Gasteiger partial charge in [0.1, 0.15) is 5.01 Å². The minimum Gasteiger partial charge on any atom is -0.324 e. The zero-order valence-corrected chi connectivity index (χ0v) is 18.5. The van der Waals surface area contributed by atoms with Crippen LogP contribution in [0.2, 0.25) is 5.02 Å². The summed E-state index contributed by atoms with van der Waals surface area (Å²) in [4.78, 5) is 27.0. The number of nitrogens with one attached hydrogen (secondary N) is 2. The van der Waals surface area contributed by atoms with Crippen LogP contribution < -0.4 is 10.6 Å². The predicted molar refractivity (Wildman–Crippen MR) is 123 cm³/mol. The monoisotopic (exact) mass is 455 g/mol. The first-order chi connectivity index (χ1) is 15.0. The highest BCUT2D eigenvalue weighted by Crippen LogP contribution is 2.30. The maximum atomic E-state index is 12.7. The van der Waals surface area contributed by atoms with Crippen LogP contribution in [0.25, 0.3) is 0 Å². The van der Waals surface area contributed by atoms with Crippen LogP contribution in [0.5, 0.6) is 0 Å². The first-order valence-corrected chi connectivity index (χ1v) is 11.2. The average Bonchev–Trinajstić information content (AvgIpc) is 3.28. The average molecular weight is 456 g/mol. The fraction of sp³-hybridized carbons (Fsp3) is 0.273. The molecule has 2 N–H and O–H groups in total. The summed E-state index contributed by atoms with van der Waals surface area (Å²) in [6.45, 7) is 3.11. The van der Waals surface area contributed by atoms with E-state index in [0.29, 0.717) is 34.5 Å². The number of nitrogens with zero attached hydrogens (tertiary/aromatic N) is 3. The molecule has 160 valence electrons. The highest BCUT2D eigenvalue weighted by molar-refractivity contribution is 7.13. The van der Waals surface area contributed by atoms with Crippen molar-refractivity contribution in [2.75, 3.05) is 23.7 Å². The predicted octanol–water partition coefficient (Wildman–Crippen LogP) is 5.16. The lowest BCUT2D eigenvalue weighted by Crippen LogP contribution is -2.41. The van der Waals surface area contributed by atoms with Crippen LogP contribution in [0.3, 0.4) is 0 Å². The number of hydrogen-bond donors (Lipinski definition) is 2. The molecule has 0 spiro atoms. The molecule has 0 radical (unpaired) electrons. The van der Waals surface area contributed by atoms with Gasteiger partial charge in [-0.25, -0.2) is 4.79 Å². The van der Waals surface area contributed by atoms with E-state index in [1.807, 2.05) is 49.4 Å². The van der Waals surface area contributed by atoms with Gasteiger partial charge in [-0.1, -0.05) is 47.2 Å². The standard InChI is InChI=1S/C22H22ClN5O2S/c1-14-9-10-17(12-18(14)23)25-22(30)28-11-5-6-15(13-28)20-26-27-21(31-20)19(29)24-16-7-3-2-4-8-16/h2-4,7-10,12,15H,5-6,11,13H2,1H3,(H,24,29)(H,25,30). The van der Waals surface area contributed by atoms with Crippen LogP contribution in [-0.4, -0.2) is 40.1 Å². The maximum absolute atomic E-state index is 12.7. The number of halogens is 1. The molecule has 3 amide bonds. The fourth-order valence-corrected chi connectivity index (χ4v) is 4.48. The van der Waals surface area contributed by atoms with Gasteiger partial charge in [0.15, 0.2) is 0 Å². The summed E-state index contributed by atoms with van der Waals surface area (Å²) in [5, 5.41) is 15.7. The molecule has 2 aromatic carbocycles. The summed E-state index contributed by atoms with van der Waals surface area (Å²) in [5.41, 5.74) is 2.33. The molecule has 9 heteroatoms. The molecule has 1 atom stereocenters. The van der Waals surface area contributed by atoms with E-state index >= 15 is 0 Å². The third kappa shape index (κ3) is 5.21. The number of aromatic nitrogens is 2. The van der Waals surface area contributed by atoms with Crippen LogP contribution in [0.4, 0.5) is 16.2 Å². The zero-order valence-electron chi connectivity index (χ0n) is 17.0. The molecule has 1 aromatic heterocycles. The number of carbonyl (C=O) groups excluding carboxylic acids is 2. The van der Waals surface area contributed by atoms with E-state index in [0.717, 1.165) is 23.4 Å². The molecule has 1 fully saturated rings. The number of rotatable bonds is 4. The fourth-order valence-electron chi connectivity index (χ4n) is 3.43.